The van der Waals surface area contributed by atoms with Gasteiger partial charge in [0, 0.05) is 26.7 Å². The summed E-state index contributed by atoms with van der Waals surface area (Å²) in [5.41, 5.74) is 6.31. The molecule has 0 amide bonds. The molecular formula is C12H20N2O3. The maximum atomic E-state index is 5.50. The van der Waals surface area contributed by atoms with E-state index >= 15 is 0 Å². The van der Waals surface area contributed by atoms with Crippen LogP contribution >= 0.6 is 0 Å². The average molecular weight is 240 g/mol. The largest absolute Gasteiger partial charge is 0.492 e. The van der Waals surface area contributed by atoms with Crippen LogP contribution in [-0.4, -0.2) is 38.5 Å². The first-order valence-electron chi connectivity index (χ1n) is 5.71. The van der Waals surface area contributed by atoms with Crippen molar-refractivity contribution in [3.8, 4) is 5.75 Å². The number of hydrogen-bond acceptors (Lipinski definition) is 5. The van der Waals surface area contributed by atoms with Crippen LogP contribution in [0.3, 0.4) is 0 Å². The smallest absolute Gasteiger partial charge is 0.137 e. The number of nitrogens with zero attached hydrogens (tertiary/aromatic N) is 1. The highest BCUT2D eigenvalue weighted by atomic mass is 16.5. The minimum Gasteiger partial charge on any atom is -0.492 e. The summed E-state index contributed by atoms with van der Waals surface area (Å²) < 4.78 is 15.7. The van der Waals surface area contributed by atoms with Gasteiger partial charge in [0.25, 0.3) is 0 Å². The van der Waals surface area contributed by atoms with Crippen molar-refractivity contribution >= 4 is 0 Å². The maximum Gasteiger partial charge on any atom is 0.137 e. The lowest BCUT2D eigenvalue weighted by molar-refractivity contribution is 0.0644. The van der Waals surface area contributed by atoms with Gasteiger partial charge in [-0.3, -0.25) is 4.98 Å². The summed E-state index contributed by atoms with van der Waals surface area (Å²) in [4.78, 5) is 4.14. The van der Waals surface area contributed by atoms with E-state index in [1.54, 1.807) is 13.3 Å². The standard InChI is InChI=1S/C12H20N2O3/c1-15-7-8-16-5-2-6-17-12-4-3-11(9-13)14-10-12/h3-4,10H,2,5-9,13H2,1H3. The van der Waals surface area contributed by atoms with Crippen molar-refractivity contribution in [2.75, 3.05) is 33.5 Å². The number of rotatable bonds is 9. The Morgan fingerprint density at radius 2 is 2.06 bits per heavy atom. The molecule has 96 valence electrons. The predicted octanol–water partition coefficient (Wildman–Crippen LogP) is 0.972. The molecule has 17 heavy (non-hydrogen) atoms. The van der Waals surface area contributed by atoms with Crippen LogP contribution in [-0.2, 0) is 16.0 Å². The van der Waals surface area contributed by atoms with Gasteiger partial charge < -0.3 is 19.9 Å². The average Bonchev–Trinajstić information content (AvgIpc) is 2.38. The van der Waals surface area contributed by atoms with Gasteiger partial charge in [0.15, 0.2) is 0 Å². The number of methoxy groups -OCH3 is 1. The Kier molecular flexibility index (Phi) is 7.29. The van der Waals surface area contributed by atoms with Crippen LogP contribution in [0.2, 0.25) is 0 Å². The highest BCUT2D eigenvalue weighted by Crippen LogP contribution is 2.08. The molecule has 0 aliphatic carbocycles. The van der Waals surface area contributed by atoms with E-state index < -0.39 is 0 Å². The second-order valence-corrected chi connectivity index (χ2v) is 3.50. The summed E-state index contributed by atoms with van der Waals surface area (Å²) in [7, 11) is 1.66. The molecule has 0 bridgehead atoms. The second kappa shape index (κ2) is 8.92. The van der Waals surface area contributed by atoms with Crippen LogP contribution < -0.4 is 10.5 Å². The van der Waals surface area contributed by atoms with Crippen molar-refractivity contribution in [3.05, 3.63) is 24.0 Å². The Morgan fingerprint density at radius 3 is 2.71 bits per heavy atom. The van der Waals surface area contributed by atoms with Gasteiger partial charge in [-0.15, -0.1) is 0 Å². The zero-order valence-corrected chi connectivity index (χ0v) is 10.2. The maximum absolute atomic E-state index is 5.50. The highest BCUT2D eigenvalue weighted by molar-refractivity contribution is 5.19. The van der Waals surface area contributed by atoms with Gasteiger partial charge in [0.1, 0.15) is 5.75 Å². The lowest BCUT2D eigenvalue weighted by atomic mass is 10.3. The molecule has 0 spiro atoms. The molecule has 0 atom stereocenters. The highest BCUT2D eigenvalue weighted by Gasteiger charge is 1.95. The molecule has 0 saturated heterocycles. The molecule has 1 rings (SSSR count). The molecule has 2 N–H and O–H groups in total. The normalized spacial score (nSPS) is 10.5. The van der Waals surface area contributed by atoms with Gasteiger partial charge in [-0.25, -0.2) is 0 Å². The first-order valence-corrected chi connectivity index (χ1v) is 5.71. The first kappa shape index (κ1) is 13.9. The Hall–Kier alpha value is -1.17. The van der Waals surface area contributed by atoms with E-state index in [2.05, 4.69) is 4.98 Å². The fourth-order valence-corrected chi connectivity index (χ4v) is 1.21. The van der Waals surface area contributed by atoms with Crippen LogP contribution in [0.15, 0.2) is 18.3 Å². The Bertz CT molecular complexity index is 290. The van der Waals surface area contributed by atoms with Crippen molar-refractivity contribution in [3.63, 3.8) is 0 Å². The molecule has 0 unspecified atom stereocenters. The number of nitrogens with two attached hydrogens (primary N) is 1. The van der Waals surface area contributed by atoms with Crippen LogP contribution in [0.5, 0.6) is 5.75 Å². The van der Waals surface area contributed by atoms with Crippen molar-refractivity contribution in [1.29, 1.82) is 0 Å². The van der Waals surface area contributed by atoms with E-state index in [0.29, 0.717) is 33.0 Å². The van der Waals surface area contributed by atoms with Gasteiger partial charge in [0.05, 0.1) is 31.7 Å². The number of ether oxygens (including phenoxy) is 3. The van der Waals surface area contributed by atoms with Gasteiger partial charge in [-0.05, 0) is 12.1 Å². The minimum atomic E-state index is 0.452. The van der Waals surface area contributed by atoms with Crippen LogP contribution in [0.4, 0.5) is 0 Å². The monoisotopic (exact) mass is 240 g/mol. The third-order valence-electron chi connectivity index (χ3n) is 2.14. The van der Waals surface area contributed by atoms with E-state index in [1.807, 2.05) is 12.1 Å². The van der Waals surface area contributed by atoms with Gasteiger partial charge in [-0.2, -0.15) is 0 Å². The van der Waals surface area contributed by atoms with Crippen LogP contribution in [0.1, 0.15) is 12.1 Å². The zero-order chi connectivity index (χ0) is 12.3. The third kappa shape index (κ3) is 6.21. The van der Waals surface area contributed by atoms with E-state index in [1.165, 1.54) is 0 Å². The lowest BCUT2D eigenvalue weighted by Crippen LogP contribution is -2.07. The molecule has 1 aromatic heterocycles. The Labute approximate surface area is 102 Å². The Balaban J connectivity index is 2.05. The minimum absolute atomic E-state index is 0.452. The molecule has 5 nitrogen and oxygen atoms in total. The molecular weight excluding hydrogens is 220 g/mol. The summed E-state index contributed by atoms with van der Waals surface area (Å²) in [5, 5.41) is 0. The third-order valence-corrected chi connectivity index (χ3v) is 2.14. The molecule has 1 aromatic rings. The van der Waals surface area contributed by atoms with Crippen molar-refractivity contribution < 1.29 is 14.2 Å². The first-order chi connectivity index (χ1) is 8.36. The Morgan fingerprint density at radius 1 is 1.18 bits per heavy atom. The molecule has 0 radical (unpaired) electrons. The summed E-state index contributed by atoms with van der Waals surface area (Å²) >= 11 is 0. The lowest BCUT2D eigenvalue weighted by Gasteiger charge is -2.06. The molecule has 0 aliphatic heterocycles. The summed E-state index contributed by atoms with van der Waals surface area (Å²) in [6.45, 7) is 3.01. The van der Waals surface area contributed by atoms with Crippen LogP contribution in [0.25, 0.3) is 0 Å². The van der Waals surface area contributed by atoms with E-state index in [-0.39, 0.29) is 0 Å². The topological polar surface area (TPSA) is 66.6 Å². The molecule has 0 saturated carbocycles. The van der Waals surface area contributed by atoms with Crippen LogP contribution in [0, 0.1) is 0 Å². The van der Waals surface area contributed by atoms with Crippen molar-refractivity contribution in [2.45, 2.75) is 13.0 Å². The number of pyridine rings is 1. The fourth-order valence-electron chi connectivity index (χ4n) is 1.21. The quantitative estimate of drug-likeness (QED) is 0.651. The molecule has 1 heterocycles. The van der Waals surface area contributed by atoms with Gasteiger partial charge >= 0.3 is 0 Å². The second-order valence-electron chi connectivity index (χ2n) is 3.50. The number of aromatic nitrogens is 1. The molecule has 0 aromatic carbocycles. The zero-order valence-electron chi connectivity index (χ0n) is 10.2. The van der Waals surface area contributed by atoms with Gasteiger partial charge in [0.2, 0.25) is 0 Å². The van der Waals surface area contributed by atoms with Gasteiger partial charge in [-0.1, -0.05) is 0 Å². The SMILES string of the molecule is COCCOCCCOc1ccc(CN)nc1. The summed E-state index contributed by atoms with van der Waals surface area (Å²) in [6.07, 6.45) is 2.54. The van der Waals surface area contributed by atoms with E-state index in [0.717, 1.165) is 17.9 Å². The molecule has 5 heteroatoms. The van der Waals surface area contributed by atoms with Crippen molar-refractivity contribution in [1.82, 2.24) is 4.98 Å². The fraction of sp³-hybridized carbons (Fsp3) is 0.583. The van der Waals surface area contributed by atoms with E-state index in [4.69, 9.17) is 19.9 Å². The van der Waals surface area contributed by atoms with E-state index in [9.17, 15) is 0 Å². The molecule has 0 aliphatic rings. The molecule has 0 fully saturated rings. The summed E-state index contributed by atoms with van der Waals surface area (Å²) in [6, 6.07) is 3.74. The predicted molar refractivity (Wildman–Crippen MR) is 64.9 cm³/mol. The summed E-state index contributed by atoms with van der Waals surface area (Å²) in [5.74, 6) is 0.763. The number of hydrogen-bond donors (Lipinski definition) is 1. The van der Waals surface area contributed by atoms with Crippen molar-refractivity contribution in [2.24, 2.45) is 5.73 Å².